The maximum absolute atomic E-state index is 3.61. The van der Waals surface area contributed by atoms with Crippen molar-refractivity contribution in [2.75, 3.05) is 13.1 Å². The van der Waals surface area contributed by atoms with Gasteiger partial charge in [-0.25, -0.2) is 0 Å². The normalized spacial score (nSPS) is 32.9. The molecule has 0 saturated carbocycles. The summed E-state index contributed by atoms with van der Waals surface area (Å²) in [6.07, 6.45) is 4.23. The number of benzene rings is 1. The molecule has 0 amide bonds. The van der Waals surface area contributed by atoms with Gasteiger partial charge >= 0.3 is 0 Å². The van der Waals surface area contributed by atoms with E-state index in [4.69, 9.17) is 0 Å². The fourth-order valence-electron chi connectivity index (χ4n) is 3.27. The van der Waals surface area contributed by atoms with Crippen molar-refractivity contribution in [1.82, 2.24) is 4.90 Å². The summed E-state index contributed by atoms with van der Waals surface area (Å²) in [6, 6.07) is 9.61. The van der Waals surface area contributed by atoms with Crippen LogP contribution in [0.1, 0.15) is 36.4 Å². The molecule has 2 heteroatoms. The minimum atomic E-state index is 0.696. The summed E-state index contributed by atoms with van der Waals surface area (Å²) < 4.78 is 0. The molecule has 0 spiro atoms. The van der Waals surface area contributed by atoms with Crippen LogP contribution in [0.15, 0.2) is 24.3 Å². The first-order valence-corrected chi connectivity index (χ1v) is 7.38. The Labute approximate surface area is 106 Å². The lowest BCUT2D eigenvalue weighted by Crippen LogP contribution is -2.43. The lowest BCUT2D eigenvalue weighted by atomic mass is 9.80. The van der Waals surface area contributed by atoms with Gasteiger partial charge in [-0.05, 0) is 49.4 Å². The van der Waals surface area contributed by atoms with Crippen LogP contribution < -0.4 is 0 Å². The van der Waals surface area contributed by atoms with Crippen molar-refractivity contribution in [3.8, 4) is 0 Å². The molecule has 3 heterocycles. The molecule has 0 aliphatic carbocycles. The minimum absolute atomic E-state index is 0.696. The predicted molar refractivity (Wildman–Crippen MR) is 70.7 cm³/mol. The second kappa shape index (κ2) is 4.50. The Balaban J connectivity index is 1.91. The molecule has 16 heavy (non-hydrogen) atoms. The molecule has 3 fully saturated rings. The van der Waals surface area contributed by atoms with Crippen LogP contribution in [0.3, 0.4) is 0 Å². The van der Waals surface area contributed by atoms with Crippen molar-refractivity contribution in [2.24, 2.45) is 5.92 Å². The monoisotopic (exact) mass is 279 g/mol. The number of hydrogen-bond donors (Lipinski definition) is 0. The van der Waals surface area contributed by atoms with E-state index in [2.05, 4.69) is 45.1 Å². The van der Waals surface area contributed by atoms with Crippen LogP contribution in [0, 0.1) is 5.92 Å². The molecular weight excluding hydrogens is 262 g/mol. The van der Waals surface area contributed by atoms with Gasteiger partial charge in [-0.2, -0.15) is 0 Å². The highest BCUT2D eigenvalue weighted by Crippen LogP contribution is 2.41. The van der Waals surface area contributed by atoms with E-state index in [0.29, 0.717) is 6.04 Å². The molecule has 2 bridgehead atoms. The number of halogens is 1. The molecule has 1 nitrogen and oxygen atoms in total. The van der Waals surface area contributed by atoms with Crippen molar-refractivity contribution < 1.29 is 0 Å². The number of hydrogen-bond acceptors (Lipinski definition) is 1. The lowest BCUT2D eigenvalue weighted by molar-refractivity contribution is 0.0487. The number of nitrogens with zero attached hydrogens (tertiary/aromatic N) is 1. The maximum Gasteiger partial charge on any atom is 0.0353 e. The Morgan fingerprint density at radius 3 is 2.56 bits per heavy atom. The van der Waals surface area contributed by atoms with Crippen LogP contribution in [-0.4, -0.2) is 18.0 Å². The van der Waals surface area contributed by atoms with Gasteiger partial charge < -0.3 is 0 Å². The second-order valence-corrected chi connectivity index (χ2v) is 5.62. The molecule has 1 aromatic rings. The van der Waals surface area contributed by atoms with E-state index in [9.17, 15) is 0 Å². The zero-order chi connectivity index (χ0) is 11.0. The molecule has 1 atom stereocenters. The zero-order valence-electron chi connectivity index (χ0n) is 9.53. The highest BCUT2D eigenvalue weighted by Gasteiger charge is 2.34. The standard InChI is InChI=1S/C14H18BrN/c15-10-12-3-1-2-4-13(12)14-9-11-5-7-16(14)8-6-11/h1-4,11,14H,5-10H2. The zero-order valence-corrected chi connectivity index (χ0v) is 11.1. The summed E-state index contributed by atoms with van der Waals surface area (Å²) in [5.41, 5.74) is 3.03. The molecule has 1 aromatic carbocycles. The predicted octanol–water partition coefficient (Wildman–Crippen LogP) is 3.74. The maximum atomic E-state index is 3.61. The highest BCUT2D eigenvalue weighted by atomic mass is 79.9. The van der Waals surface area contributed by atoms with Crippen molar-refractivity contribution in [3.63, 3.8) is 0 Å². The van der Waals surface area contributed by atoms with Crippen LogP contribution in [0.4, 0.5) is 0 Å². The fraction of sp³-hybridized carbons (Fsp3) is 0.571. The van der Waals surface area contributed by atoms with Crippen molar-refractivity contribution in [3.05, 3.63) is 35.4 Å². The summed E-state index contributed by atoms with van der Waals surface area (Å²) in [6.45, 7) is 2.62. The molecule has 0 radical (unpaired) electrons. The summed E-state index contributed by atoms with van der Waals surface area (Å²) in [5, 5.41) is 0.984. The van der Waals surface area contributed by atoms with Crippen LogP contribution in [0.5, 0.6) is 0 Å². The molecule has 0 aromatic heterocycles. The smallest absolute Gasteiger partial charge is 0.0353 e. The lowest BCUT2D eigenvalue weighted by Gasteiger charge is -2.46. The van der Waals surface area contributed by atoms with Crippen molar-refractivity contribution >= 4 is 15.9 Å². The third-order valence-electron chi connectivity index (χ3n) is 4.20. The van der Waals surface area contributed by atoms with Gasteiger partial charge in [0.05, 0.1) is 0 Å². The van der Waals surface area contributed by atoms with E-state index in [1.807, 2.05) is 0 Å². The van der Waals surface area contributed by atoms with Gasteiger partial charge in [-0.15, -0.1) is 0 Å². The largest absolute Gasteiger partial charge is 0.296 e. The Hall–Kier alpha value is -0.340. The van der Waals surface area contributed by atoms with Gasteiger partial charge in [0.15, 0.2) is 0 Å². The molecule has 0 N–H and O–H groups in total. The van der Waals surface area contributed by atoms with Crippen LogP contribution >= 0.6 is 15.9 Å². The summed E-state index contributed by atoms with van der Waals surface area (Å²) in [4.78, 5) is 2.68. The Bertz CT molecular complexity index is 369. The van der Waals surface area contributed by atoms with Gasteiger partial charge in [-0.3, -0.25) is 4.90 Å². The number of rotatable bonds is 2. The van der Waals surface area contributed by atoms with E-state index in [-0.39, 0.29) is 0 Å². The Morgan fingerprint density at radius 1 is 1.19 bits per heavy atom. The first kappa shape index (κ1) is 10.8. The average Bonchev–Trinajstić information content (AvgIpc) is 2.40. The van der Waals surface area contributed by atoms with E-state index in [1.165, 1.54) is 37.9 Å². The van der Waals surface area contributed by atoms with Crippen molar-refractivity contribution in [1.29, 1.82) is 0 Å². The first-order valence-electron chi connectivity index (χ1n) is 6.26. The molecular formula is C14H18BrN. The quantitative estimate of drug-likeness (QED) is 0.746. The van der Waals surface area contributed by atoms with E-state index < -0.39 is 0 Å². The number of fused-ring (bicyclic) bond motifs is 3. The third kappa shape index (κ3) is 1.82. The molecule has 3 aliphatic rings. The first-order chi connectivity index (χ1) is 7.88. The third-order valence-corrected chi connectivity index (χ3v) is 4.81. The molecule has 4 rings (SSSR count). The van der Waals surface area contributed by atoms with E-state index >= 15 is 0 Å². The number of piperidine rings is 3. The topological polar surface area (TPSA) is 3.24 Å². The van der Waals surface area contributed by atoms with E-state index in [0.717, 1.165) is 11.2 Å². The highest BCUT2D eigenvalue weighted by molar-refractivity contribution is 9.08. The van der Waals surface area contributed by atoms with Gasteiger partial charge in [0, 0.05) is 11.4 Å². The van der Waals surface area contributed by atoms with Crippen LogP contribution in [0.2, 0.25) is 0 Å². The minimum Gasteiger partial charge on any atom is -0.296 e. The molecule has 86 valence electrons. The van der Waals surface area contributed by atoms with Gasteiger partial charge in [0.1, 0.15) is 0 Å². The second-order valence-electron chi connectivity index (χ2n) is 5.06. The summed E-state index contributed by atoms with van der Waals surface area (Å²) in [7, 11) is 0. The van der Waals surface area contributed by atoms with E-state index in [1.54, 1.807) is 5.56 Å². The molecule has 3 saturated heterocycles. The summed E-state index contributed by atoms with van der Waals surface area (Å²) in [5.74, 6) is 0.985. The van der Waals surface area contributed by atoms with Crippen molar-refractivity contribution in [2.45, 2.75) is 30.6 Å². The van der Waals surface area contributed by atoms with Crippen LogP contribution in [-0.2, 0) is 5.33 Å². The van der Waals surface area contributed by atoms with Gasteiger partial charge in [-0.1, -0.05) is 40.2 Å². The average molecular weight is 280 g/mol. The van der Waals surface area contributed by atoms with Crippen LogP contribution in [0.25, 0.3) is 0 Å². The van der Waals surface area contributed by atoms with Gasteiger partial charge in [0.25, 0.3) is 0 Å². The summed E-state index contributed by atoms with van der Waals surface area (Å²) >= 11 is 3.61. The Morgan fingerprint density at radius 2 is 1.94 bits per heavy atom. The fourth-order valence-corrected chi connectivity index (χ4v) is 3.78. The molecule has 3 aliphatic heterocycles. The SMILES string of the molecule is BrCc1ccccc1C1CC2CCN1CC2. The molecule has 1 unspecified atom stereocenters. The van der Waals surface area contributed by atoms with Gasteiger partial charge in [0.2, 0.25) is 0 Å². The number of alkyl halides is 1. The Kier molecular flexibility index (Phi) is 3.03.